The number of carbonyl (C=O) groups excluding carboxylic acids is 2. The molecule has 0 aromatic heterocycles. The quantitative estimate of drug-likeness (QED) is 0.473. The van der Waals surface area contributed by atoms with Gasteiger partial charge in [0, 0.05) is 23.8 Å². The second-order valence-electron chi connectivity index (χ2n) is 8.40. The molecule has 2 aromatic rings. The third-order valence-corrected chi connectivity index (χ3v) is 6.44. The number of hydrogen-bond acceptors (Lipinski definition) is 5. The molecule has 1 aliphatic rings. The molecule has 0 atom stereocenters. The summed E-state index contributed by atoms with van der Waals surface area (Å²) in [7, 11) is -0.521. The van der Waals surface area contributed by atoms with E-state index in [2.05, 4.69) is 0 Å². The maximum absolute atomic E-state index is 12.6. The summed E-state index contributed by atoms with van der Waals surface area (Å²) in [5.41, 5.74) is 2.20. The highest BCUT2D eigenvalue weighted by atomic mass is 32.2. The van der Waals surface area contributed by atoms with Crippen molar-refractivity contribution in [3.05, 3.63) is 76.8 Å². The molecule has 1 fully saturated rings. The van der Waals surface area contributed by atoms with Crippen LogP contribution in [0.5, 0.6) is 0 Å². The van der Waals surface area contributed by atoms with E-state index in [1.54, 1.807) is 6.92 Å². The third kappa shape index (κ3) is 5.12. The van der Waals surface area contributed by atoms with E-state index in [4.69, 9.17) is 9.31 Å². The molecule has 0 radical (unpaired) electrons. The largest absolute Gasteiger partial charge is 0.491 e. The molecule has 2 aromatic carbocycles. The van der Waals surface area contributed by atoms with Crippen molar-refractivity contribution in [3.63, 3.8) is 0 Å². The van der Waals surface area contributed by atoms with Crippen LogP contribution in [-0.2, 0) is 14.1 Å². The number of carbonyl (C=O) groups is 2. The highest BCUT2D eigenvalue weighted by Crippen LogP contribution is 2.39. The Kier molecular flexibility index (Phi) is 6.70. The monoisotopic (exact) mass is 422 g/mol. The Labute approximate surface area is 183 Å². The van der Waals surface area contributed by atoms with Gasteiger partial charge in [0.1, 0.15) is 0 Å². The number of thioether (sulfide) groups is 1. The maximum atomic E-state index is 12.6. The molecule has 1 heterocycles. The third-order valence-electron chi connectivity index (χ3n) is 5.56. The average Bonchev–Trinajstić information content (AvgIpc) is 2.92. The van der Waals surface area contributed by atoms with Crippen LogP contribution in [0.1, 0.15) is 56.1 Å². The van der Waals surface area contributed by atoms with Crippen molar-refractivity contribution in [3.8, 4) is 0 Å². The lowest BCUT2D eigenvalue weighted by Crippen LogP contribution is -2.41. The second kappa shape index (κ2) is 8.92. The first-order valence-corrected chi connectivity index (χ1v) is 11.0. The van der Waals surface area contributed by atoms with Crippen LogP contribution in [0.2, 0.25) is 0 Å². The van der Waals surface area contributed by atoms with Gasteiger partial charge in [-0.1, -0.05) is 72.4 Å². The molecule has 1 saturated heterocycles. The Morgan fingerprint density at radius 2 is 1.43 bits per heavy atom. The van der Waals surface area contributed by atoms with Crippen molar-refractivity contribution >= 4 is 35.9 Å². The van der Waals surface area contributed by atoms with Crippen molar-refractivity contribution in [1.29, 1.82) is 0 Å². The molecule has 0 spiro atoms. The van der Waals surface area contributed by atoms with E-state index < -0.39 is 18.3 Å². The summed E-state index contributed by atoms with van der Waals surface area (Å²) in [5, 5.41) is 0.0428. The van der Waals surface area contributed by atoms with Crippen LogP contribution in [0.4, 0.5) is 0 Å². The van der Waals surface area contributed by atoms with E-state index in [0.29, 0.717) is 16.9 Å². The molecule has 1 aliphatic heterocycles. The van der Waals surface area contributed by atoms with Crippen LogP contribution >= 0.6 is 11.8 Å². The summed E-state index contributed by atoms with van der Waals surface area (Å²) in [6, 6.07) is 16.7. The molecular weight excluding hydrogens is 395 g/mol. The fourth-order valence-corrected chi connectivity index (χ4v) is 3.65. The molecule has 0 unspecified atom stereocenters. The molecule has 30 heavy (non-hydrogen) atoms. The zero-order valence-electron chi connectivity index (χ0n) is 18.1. The Morgan fingerprint density at radius 3 is 1.97 bits per heavy atom. The van der Waals surface area contributed by atoms with Gasteiger partial charge < -0.3 is 9.31 Å². The Morgan fingerprint density at radius 1 is 0.900 bits per heavy atom. The number of rotatable bonds is 6. The van der Waals surface area contributed by atoms with Gasteiger partial charge in [0.15, 0.2) is 10.9 Å². The van der Waals surface area contributed by atoms with Crippen molar-refractivity contribution in [2.24, 2.45) is 0 Å². The zero-order valence-corrected chi connectivity index (χ0v) is 18.9. The van der Waals surface area contributed by atoms with E-state index >= 15 is 0 Å². The molecule has 0 saturated carbocycles. The Balaban J connectivity index is 1.84. The summed E-state index contributed by atoms with van der Waals surface area (Å²) in [6.45, 7) is 9.58. The fraction of sp³-hybridized carbons (Fsp3) is 0.333. The number of benzene rings is 2. The van der Waals surface area contributed by atoms with Crippen molar-refractivity contribution in [2.45, 2.75) is 45.8 Å². The Hall–Kier alpha value is -2.15. The van der Waals surface area contributed by atoms with Gasteiger partial charge in [-0.2, -0.15) is 0 Å². The van der Waals surface area contributed by atoms with Gasteiger partial charge in [-0.05, 0) is 38.7 Å². The lowest BCUT2D eigenvalue weighted by atomic mass is 9.78. The molecular formula is C24H27BO4S. The van der Waals surface area contributed by atoms with Crippen LogP contribution in [0.25, 0.3) is 6.08 Å². The van der Waals surface area contributed by atoms with Gasteiger partial charge in [-0.15, -0.1) is 0 Å². The van der Waals surface area contributed by atoms with Gasteiger partial charge in [0.2, 0.25) is 0 Å². The van der Waals surface area contributed by atoms with E-state index in [1.165, 1.54) is 11.8 Å². The average molecular weight is 422 g/mol. The minimum Gasteiger partial charge on any atom is -0.400 e. The first kappa shape index (κ1) is 22.5. The standard InChI is InChI=1S/C24H27BO4S/c1-17(26)30-16-21(25-28-23(2,3)24(4,5)29-25)15-18-11-13-20(14-12-18)22(27)19-9-7-6-8-10-19/h6-15H,16H2,1-5H3. The summed E-state index contributed by atoms with van der Waals surface area (Å²) >= 11 is 1.23. The SMILES string of the molecule is CC(=O)SCC(=Cc1ccc(C(=O)c2ccccc2)cc1)B1OC(C)(C)C(C)(C)O1. The van der Waals surface area contributed by atoms with Crippen LogP contribution in [-0.4, -0.2) is 35.0 Å². The maximum Gasteiger partial charge on any atom is 0.491 e. The molecule has 0 bridgehead atoms. The van der Waals surface area contributed by atoms with Gasteiger partial charge in [0.05, 0.1) is 11.2 Å². The van der Waals surface area contributed by atoms with Crippen molar-refractivity contribution in [1.82, 2.24) is 0 Å². The van der Waals surface area contributed by atoms with Gasteiger partial charge in [-0.3, -0.25) is 9.59 Å². The van der Waals surface area contributed by atoms with E-state index in [9.17, 15) is 9.59 Å². The molecule has 156 valence electrons. The van der Waals surface area contributed by atoms with Gasteiger partial charge in [-0.25, -0.2) is 0 Å². The molecule has 0 N–H and O–H groups in total. The Bertz CT molecular complexity index is 933. The normalized spacial score (nSPS) is 17.8. The number of ketones is 1. The molecule has 6 heteroatoms. The number of hydrogen-bond donors (Lipinski definition) is 0. The smallest absolute Gasteiger partial charge is 0.400 e. The predicted octanol–water partition coefficient (Wildman–Crippen LogP) is 5.21. The van der Waals surface area contributed by atoms with E-state index in [1.807, 2.05) is 88.4 Å². The first-order valence-electron chi connectivity index (χ1n) is 9.98. The minimum absolute atomic E-state index is 0.00977. The summed E-state index contributed by atoms with van der Waals surface area (Å²) in [4.78, 5) is 24.2. The molecule has 0 amide bonds. The highest BCUT2D eigenvalue weighted by molar-refractivity contribution is 8.13. The predicted molar refractivity (Wildman–Crippen MR) is 124 cm³/mol. The van der Waals surface area contributed by atoms with Crippen molar-refractivity contribution in [2.75, 3.05) is 5.75 Å². The van der Waals surface area contributed by atoms with Crippen LogP contribution in [0.3, 0.4) is 0 Å². The fourth-order valence-electron chi connectivity index (χ4n) is 3.06. The van der Waals surface area contributed by atoms with Crippen LogP contribution < -0.4 is 0 Å². The molecule has 0 aliphatic carbocycles. The highest BCUT2D eigenvalue weighted by Gasteiger charge is 2.52. The minimum atomic E-state index is -0.521. The lowest BCUT2D eigenvalue weighted by molar-refractivity contribution is -0.109. The molecule has 3 rings (SSSR count). The van der Waals surface area contributed by atoms with Gasteiger partial charge >= 0.3 is 7.12 Å². The summed E-state index contributed by atoms with van der Waals surface area (Å²) in [5.74, 6) is 0.473. The second-order valence-corrected chi connectivity index (χ2v) is 9.56. The van der Waals surface area contributed by atoms with E-state index in [-0.39, 0.29) is 10.9 Å². The van der Waals surface area contributed by atoms with Crippen LogP contribution in [0.15, 0.2) is 60.1 Å². The zero-order chi connectivity index (χ0) is 21.9. The molecule has 4 nitrogen and oxygen atoms in total. The van der Waals surface area contributed by atoms with Crippen molar-refractivity contribution < 1.29 is 18.9 Å². The lowest BCUT2D eigenvalue weighted by Gasteiger charge is -2.32. The topological polar surface area (TPSA) is 52.6 Å². The first-order chi connectivity index (χ1) is 14.1. The van der Waals surface area contributed by atoms with E-state index in [0.717, 1.165) is 11.0 Å². The van der Waals surface area contributed by atoms with Gasteiger partial charge in [0.25, 0.3) is 0 Å². The summed E-state index contributed by atoms with van der Waals surface area (Å²) < 4.78 is 12.4. The summed E-state index contributed by atoms with van der Waals surface area (Å²) in [6.07, 6.45) is 1.98. The van der Waals surface area contributed by atoms with Crippen LogP contribution in [0, 0.1) is 0 Å².